The number of hydrogen-bond acceptors (Lipinski definition) is 7. The van der Waals surface area contributed by atoms with Gasteiger partial charge in [0, 0.05) is 25.7 Å². The predicted molar refractivity (Wildman–Crippen MR) is 106 cm³/mol. The van der Waals surface area contributed by atoms with Crippen molar-refractivity contribution in [3.8, 4) is 17.2 Å². The minimum absolute atomic E-state index is 0.0412. The maximum Gasteiger partial charge on any atom is 0.522 e. The summed E-state index contributed by atoms with van der Waals surface area (Å²) in [6, 6.07) is 10.1. The van der Waals surface area contributed by atoms with Gasteiger partial charge in [-0.1, -0.05) is 18.2 Å². The van der Waals surface area contributed by atoms with Crippen LogP contribution in [0.2, 0.25) is 6.32 Å². The Labute approximate surface area is 168 Å². The molecule has 2 aliphatic heterocycles. The van der Waals surface area contributed by atoms with Crippen LogP contribution in [0.4, 0.5) is 0 Å². The Kier molecular flexibility index (Phi) is 5.36. The number of carboxylic acid groups (broad SMARTS) is 1. The van der Waals surface area contributed by atoms with Crippen molar-refractivity contribution >= 4 is 13.1 Å². The summed E-state index contributed by atoms with van der Waals surface area (Å²) in [6.07, 6.45) is 0.848. The second-order valence-corrected chi connectivity index (χ2v) is 7.50. The number of fused-ring (bicyclic) bond motifs is 1. The summed E-state index contributed by atoms with van der Waals surface area (Å²) in [4.78, 5) is 13.9. The van der Waals surface area contributed by atoms with E-state index >= 15 is 0 Å². The first-order valence-corrected chi connectivity index (χ1v) is 9.58. The minimum atomic E-state index is -1.14. The molecule has 152 valence electrons. The highest BCUT2D eigenvalue weighted by atomic mass is 16.5. The number of aryl methyl sites for hydroxylation is 1. The van der Waals surface area contributed by atoms with Gasteiger partial charge in [-0.2, -0.15) is 0 Å². The molecule has 2 aromatic rings. The van der Waals surface area contributed by atoms with E-state index in [0.29, 0.717) is 32.4 Å². The molecular formula is C20H23BN2O6. The van der Waals surface area contributed by atoms with Gasteiger partial charge in [0.05, 0.1) is 0 Å². The van der Waals surface area contributed by atoms with Crippen LogP contribution in [-0.4, -0.2) is 59.0 Å². The van der Waals surface area contributed by atoms with Gasteiger partial charge in [-0.15, -0.1) is 0 Å². The lowest BCUT2D eigenvalue weighted by atomic mass is 9.78. The number of aromatic carboxylic acids is 1. The van der Waals surface area contributed by atoms with Crippen LogP contribution < -0.4 is 15.1 Å². The fraction of sp³-hybridized carbons (Fsp3) is 0.350. The highest BCUT2D eigenvalue weighted by molar-refractivity contribution is 6.44. The smallest absolute Gasteiger partial charge is 0.522 e. The van der Waals surface area contributed by atoms with Crippen molar-refractivity contribution < 1.29 is 29.4 Å². The summed E-state index contributed by atoms with van der Waals surface area (Å²) in [5.74, 6) is -0.497. The molecule has 1 atom stereocenters. The Hall–Kier alpha value is -2.75. The molecule has 0 saturated carbocycles. The van der Waals surface area contributed by atoms with Gasteiger partial charge in [-0.3, -0.25) is 4.90 Å². The van der Waals surface area contributed by atoms with E-state index in [1.165, 1.54) is 0 Å². The molecule has 0 bridgehead atoms. The van der Waals surface area contributed by atoms with Gasteiger partial charge in [0.2, 0.25) is 0 Å². The normalized spacial score (nSPS) is 17.8. The number of carboxylic acids is 1. The zero-order chi connectivity index (χ0) is 20.5. The summed E-state index contributed by atoms with van der Waals surface area (Å²) >= 11 is 0. The van der Waals surface area contributed by atoms with Crippen LogP contribution in [0.5, 0.6) is 17.2 Å². The molecule has 29 heavy (non-hydrogen) atoms. The highest BCUT2D eigenvalue weighted by Gasteiger charge is 2.34. The molecule has 4 rings (SSSR count). The highest BCUT2D eigenvalue weighted by Crippen LogP contribution is 2.37. The number of carbonyl (C=O) groups is 1. The third-order valence-corrected chi connectivity index (χ3v) is 5.32. The molecule has 5 N–H and O–H groups in total. The van der Waals surface area contributed by atoms with Gasteiger partial charge in [-0.05, 0) is 42.1 Å². The lowest BCUT2D eigenvalue weighted by Crippen LogP contribution is -2.55. The van der Waals surface area contributed by atoms with Crippen LogP contribution in [0, 0.1) is 0 Å². The number of benzene rings is 2. The molecule has 2 aliphatic rings. The second kappa shape index (κ2) is 7.94. The number of hydrogen-bond donors (Lipinski definition) is 4. The average molecular weight is 398 g/mol. The fourth-order valence-corrected chi connectivity index (χ4v) is 3.74. The molecule has 1 fully saturated rings. The second-order valence-electron chi connectivity index (χ2n) is 7.50. The third kappa shape index (κ3) is 4.17. The molecule has 2 aromatic carbocycles. The van der Waals surface area contributed by atoms with Crippen LogP contribution in [0.15, 0.2) is 36.4 Å². The topological polar surface area (TPSA) is 125 Å². The zero-order valence-corrected chi connectivity index (χ0v) is 15.8. The number of rotatable bonds is 6. The van der Waals surface area contributed by atoms with E-state index < -0.39 is 13.1 Å². The fourth-order valence-electron chi connectivity index (χ4n) is 3.74. The van der Waals surface area contributed by atoms with Gasteiger partial charge in [0.1, 0.15) is 28.9 Å². The van der Waals surface area contributed by atoms with Gasteiger partial charge in [0.25, 0.3) is 0 Å². The molecule has 2 heterocycles. The standard InChI is InChI=1S/C20H23BN2O6/c22-16(12-1-4-14(24)5-2-12)11-23-9-15(10-23)28-17-6-3-13-7-8-21(27)29-19(13)18(17)20(25)26/h1-6,15-16,24,27H,7-11,22H2,(H,25,26). The van der Waals surface area contributed by atoms with Crippen LogP contribution in [-0.2, 0) is 6.42 Å². The van der Waals surface area contributed by atoms with Gasteiger partial charge in [0.15, 0.2) is 0 Å². The Balaban J connectivity index is 1.38. The van der Waals surface area contributed by atoms with Crippen molar-refractivity contribution in [2.24, 2.45) is 5.73 Å². The molecule has 0 radical (unpaired) electrons. The maximum atomic E-state index is 11.8. The molecule has 0 spiro atoms. The molecule has 8 nitrogen and oxygen atoms in total. The van der Waals surface area contributed by atoms with E-state index in [1.807, 2.05) is 0 Å². The monoisotopic (exact) mass is 398 g/mol. The molecule has 1 saturated heterocycles. The molecular weight excluding hydrogens is 375 g/mol. The Morgan fingerprint density at radius 3 is 2.69 bits per heavy atom. The lowest BCUT2D eigenvalue weighted by molar-refractivity contribution is 0.0153. The quantitative estimate of drug-likeness (QED) is 0.536. The van der Waals surface area contributed by atoms with Crippen LogP contribution in [0.1, 0.15) is 27.5 Å². The summed E-state index contributed by atoms with van der Waals surface area (Å²) in [6.45, 7) is 1.90. The van der Waals surface area contributed by atoms with Crippen molar-refractivity contribution in [2.45, 2.75) is 24.9 Å². The lowest BCUT2D eigenvalue weighted by Gasteiger charge is -2.40. The van der Waals surface area contributed by atoms with E-state index in [0.717, 1.165) is 11.1 Å². The number of nitrogens with zero attached hydrogens (tertiary/aromatic N) is 1. The average Bonchev–Trinajstić information content (AvgIpc) is 2.65. The van der Waals surface area contributed by atoms with Crippen molar-refractivity contribution in [3.05, 3.63) is 53.1 Å². The van der Waals surface area contributed by atoms with E-state index in [1.54, 1.807) is 36.4 Å². The molecule has 0 aliphatic carbocycles. The van der Waals surface area contributed by atoms with Gasteiger partial charge >= 0.3 is 13.1 Å². The number of likely N-dealkylation sites (tertiary alicyclic amines) is 1. The minimum Gasteiger partial charge on any atom is -0.535 e. The number of phenolic OH excluding ortho intramolecular Hbond substituents is 1. The van der Waals surface area contributed by atoms with Crippen LogP contribution in [0.3, 0.4) is 0 Å². The number of nitrogens with two attached hydrogens (primary N) is 1. The third-order valence-electron chi connectivity index (χ3n) is 5.32. The molecule has 0 aromatic heterocycles. The van der Waals surface area contributed by atoms with E-state index in [4.69, 9.17) is 15.1 Å². The first-order valence-electron chi connectivity index (χ1n) is 9.58. The van der Waals surface area contributed by atoms with Crippen molar-refractivity contribution in [3.63, 3.8) is 0 Å². The Bertz CT molecular complexity index is 901. The van der Waals surface area contributed by atoms with E-state index in [9.17, 15) is 20.0 Å². The SMILES string of the molecule is NC(CN1CC(Oc2ccc3c(c2C(=O)O)OB(O)CC3)C1)c1ccc(O)cc1. The summed E-state index contributed by atoms with van der Waals surface area (Å²) in [5, 5.41) is 28.7. The summed E-state index contributed by atoms with van der Waals surface area (Å²) in [7, 11) is -1.00. The number of aromatic hydroxyl groups is 1. The predicted octanol–water partition coefficient (Wildman–Crippen LogP) is 1.27. The van der Waals surface area contributed by atoms with E-state index in [-0.39, 0.29) is 35.0 Å². The Morgan fingerprint density at radius 2 is 2.00 bits per heavy atom. The summed E-state index contributed by atoms with van der Waals surface area (Å²) in [5.41, 5.74) is 7.88. The van der Waals surface area contributed by atoms with E-state index in [2.05, 4.69) is 4.90 Å². The van der Waals surface area contributed by atoms with Crippen LogP contribution >= 0.6 is 0 Å². The zero-order valence-electron chi connectivity index (χ0n) is 15.8. The Morgan fingerprint density at radius 1 is 1.28 bits per heavy atom. The molecule has 9 heteroatoms. The van der Waals surface area contributed by atoms with Crippen molar-refractivity contribution in [2.75, 3.05) is 19.6 Å². The first kappa shape index (κ1) is 19.6. The largest absolute Gasteiger partial charge is 0.535 e. The summed E-state index contributed by atoms with van der Waals surface area (Å²) < 4.78 is 11.3. The van der Waals surface area contributed by atoms with Gasteiger partial charge in [-0.25, -0.2) is 4.79 Å². The number of ether oxygens (including phenoxy) is 1. The number of phenols is 1. The molecule has 1 unspecified atom stereocenters. The van der Waals surface area contributed by atoms with Crippen molar-refractivity contribution in [1.82, 2.24) is 4.90 Å². The molecule has 0 amide bonds. The van der Waals surface area contributed by atoms with Crippen molar-refractivity contribution in [1.29, 1.82) is 0 Å². The maximum absolute atomic E-state index is 11.8. The van der Waals surface area contributed by atoms with Gasteiger partial charge < -0.3 is 30.4 Å². The first-order chi connectivity index (χ1) is 13.9. The van der Waals surface area contributed by atoms with Crippen LogP contribution in [0.25, 0.3) is 0 Å².